The predicted octanol–water partition coefficient (Wildman–Crippen LogP) is 6.30. The third kappa shape index (κ3) is 10.4. The number of likely N-dealkylation sites (N-methyl/N-ethyl adjacent to an activating group) is 1. The summed E-state index contributed by atoms with van der Waals surface area (Å²) in [5, 5.41) is 15.6. The number of nitrogens with zero attached hydrogens (tertiary/aromatic N) is 2. The van der Waals surface area contributed by atoms with Crippen molar-refractivity contribution in [3.05, 3.63) is 53.8 Å². The van der Waals surface area contributed by atoms with Gasteiger partial charge in [0.1, 0.15) is 11.6 Å². The molecule has 2 aromatic carbocycles. The number of carbonyl (C=O) groups is 3. The first kappa shape index (κ1) is 36.1. The maximum Gasteiger partial charge on any atom is 0.323 e. The van der Waals surface area contributed by atoms with E-state index >= 15 is 0 Å². The lowest BCUT2D eigenvalue weighted by atomic mass is 9.88. The van der Waals surface area contributed by atoms with Gasteiger partial charge >= 0.3 is 6.03 Å². The molecule has 258 valence electrons. The van der Waals surface area contributed by atoms with Gasteiger partial charge in [0.2, 0.25) is 5.91 Å². The third-order valence-electron chi connectivity index (χ3n) is 9.20. The summed E-state index contributed by atoms with van der Waals surface area (Å²) in [6.45, 7) is 6.71. The van der Waals surface area contributed by atoms with E-state index in [1.807, 2.05) is 20.9 Å². The molecule has 0 unspecified atom stereocenters. The van der Waals surface area contributed by atoms with Crippen molar-refractivity contribution < 1.29 is 33.4 Å². The normalized spacial score (nSPS) is 22.3. The lowest BCUT2D eigenvalue weighted by Gasteiger charge is -2.36. The molecule has 2 aliphatic rings. The molecular weight excluding hydrogens is 603 g/mol. The number of rotatable bonds is 7. The molecule has 11 heteroatoms. The Kier molecular flexibility index (Phi) is 13.4. The number of nitrogens with one attached hydrogen (secondary N) is 2. The fraction of sp³-hybridized carbons (Fsp3) is 0.583. The van der Waals surface area contributed by atoms with Crippen LogP contribution in [-0.2, 0) is 9.53 Å². The van der Waals surface area contributed by atoms with Gasteiger partial charge in [-0.05, 0) is 88.4 Å². The van der Waals surface area contributed by atoms with Gasteiger partial charge in [-0.25, -0.2) is 9.18 Å². The van der Waals surface area contributed by atoms with Crippen LogP contribution in [0, 0.1) is 17.7 Å². The van der Waals surface area contributed by atoms with Crippen LogP contribution in [-0.4, -0.2) is 84.4 Å². The van der Waals surface area contributed by atoms with Gasteiger partial charge in [0.05, 0.1) is 30.4 Å². The van der Waals surface area contributed by atoms with E-state index < -0.39 is 17.9 Å². The van der Waals surface area contributed by atoms with Crippen molar-refractivity contribution in [2.45, 2.75) is 90.4 Å². The molecule has 1 fully saturated rings. The van der Waals surface area contributed by atoms with Crippen LogP contribution >= 0.6 is 0 Å². The number of aliphatic hydroxyl groups is 1. The van der Waals surface area contributed by atoms with Gasteiger partial charge in [-0.1, -0.05) is 26.2 Å². The van der Waals surface area contributed by atoms with Crippen LogP contribution in [0.3, 0.4) is 0 Å². The van der Waals surface area contributed by atoms with Gasteiger partial charge in [0, 0.05) is 50.0 Å². The van der Waals surface area contributed by atoms with E-state index in [4.69, 9.17) is 9.47 Å². The van der Waals surface area contributed by atoms with Gasteiger partial charge in [0.25, 0.3) is 5.91 Å². The molecule has 1 heterocycles. The van der Waals surface area contributed by atoms with Crippen molar-refractivity contribution in [3.63, 3.8) is 0 Å². The second-order valence-electron chi connectivity index (χ2n) is 13.2. The first-order valence-corrected chi connectivity index (χ1v) is 17.0. The minimum absolute atomic E-state index is 0.0496. The molecule has 0 aromatic heterocycles. The molecule has 1 aliphatic heterocycles. The Hall–Kier alpha value is -3.70. The smallest absolute Gasteiger partial charge is 0.323 e. The fourth-order valence-corrected chi connectivity index (χ4v) is 6.31. The predicted molar refractivity (Wildman–Crippen MR) is 180 cm³/mol. The molecule has 0 spiro atoms. The van der Waals surface area contributed by atoms with Crippen molar-refractivity contribution in [2.75, 3.05) is 44.0 Å². The first-order chi connectivity index (χ1) is 22.5. The molecule has 4 rings (SSSR count). The van der Waals surface area contributed by atoms with Crippen molar-refractivity contribution in [1.29, 1.82) is 0 Å². The molecule has 4 atom stereocenters. The Morgan fingerprint density at radius 3 is 2.36 bits per heavy atom. The number of aliphatic hydroxyl groups excluding tert-OH is 1. The maximum absolute atomic E-state index is 14.3. The summed E-state index contributed by atoms with van der Waals surface area (Å²) in [6, 6.07) is 9.23. The number of benzene rings is 2. The number of anilines is 2. The summed E-state index contributed by atoms with van der Waals surface area (Å²) in [4.78, 5) is 43.8. The van der Waals surface area contributed by atoms with Crippen molar-refractivity contribution in [3.8, 4) is 5.75 Å². The zero-order valence-electron chi connectivity index (χ0n) is 28.2. The van der Waals surface area contributed by atoms with E-state index in [1.165, 1.54) is 30.7 Å². The van der Waals surface area contributed by atoms with Crippen LogP contribution in [0.25, 0.3) is 0 Å². The average Bonchev–Trinajstić information content (AvgIpc) is 3.07. The second kappa shape index (κ2) is 17.5. The standard InChI is InChI=1S/C36H51FN4O6/c1-24-21-41(25(2)23-42)35(44)31-20-30(39-36(45)38-29-15-13-28(37)14-16-29)17-18-32(31)47-26(3)10-8-9-19-46-33(24)22-40(4)34(43)27-11-6-5-7-12-27/h13-18,20,24-27,33,42H,5-12,19,21-23H2,1-4H3,(H2,38,39,45)/t24-,25-,26+,33+/m0/s1. The molecule has 0 bridgehead atoms. The zero-order chi connectivity index (χ0) is 33.9. The lowest BCUT2D eigenvalue weighted by molar-refractivity contribution is -0.137. The summed E-state index contributed by atoms with van der Waals surface area (Å²) < 4.78 is 26.0. The maximum atomic E-state index is 14.3. The minimum atomic E-state index is -0.555. The highest BCUT2D eigenvalue weighted by Crippen LogP contribution is 2.29. The van der Waals surface area contributed by atoms with Gasteiger partial charge in [-0.15, -0.1) is 0 Å². The van der Waals surface area contributed by atoms with Crippen molar-refractivity contribution >= 4 is 29.2 Å². The minimum Gasteiger partial charge on any atom is -0.490 e. The average molecular weight is 655 g/mol. The molecule has 47 heavy (non-hydrogen) atoms. The van der Waals surface area contributed by atoms with E-state index in [9.17, 15) is 23.9 Å². The Balaban J connectivity index is 1.58. The van der Waals surface area contributed by atoms with Crippen LogP contribution < -0.4 is 15.4 Å². The van der Waals surface area contributed by atoms with E-state index in [1.54, 1.807) is 34.9 Å². The third-order valence-corrected chi connectivity index (χ3v) is 9.20. The summed E-state index contributed by atoms with van der Waals surface area (Å²) in [7, 11) is 1.84. The number of hydrogen-bond donors (Lipinski definition) is 3. The largest absolute Gasteiger partial charge is 0.490 e. The topological polar surface area (TPSA) is 120 Å². The Labute approximate surface area is 278 Å². The molecule has 10 nitrogen and oxygen atoms in total. The highest BCUT2D eigenvalue weighted by atomic mass is 19.1. The monoisotopic (exact) mass is 654 g/mol. The summed E-state index contributed by atoms with van der Waals surface area (Å²) >= 11 is 0. The molecule has 3 N–H and O–H groups in total. The number of amides is 4. The zero-order valence-corrected chi connectivity index (χ0v) is 28.2. The molecule has 0 saturated heterocycles. The van der Waals surface area contributed by atoms with Crippen LogP contribution in [0.4, 0.5) is 20.6 Å². The second-order valence-corrected chi connectivity index (χ2v) is 13.2. The van der Waals surface area contributed by atoms with Crippen molar-refractivity contribution in [2.24, 2.45) is 11.8 Å². The van der Waals surface area contributed by atoms with Gasteiger partial charge in [0.15, 0.2) is 0 Å². The number of halogens is 1. The lowest BCUT2D eigenvalue weighted by Crippen LogP contribution is -2.48. The molecule has 4 amide bonds. The first-order valence-electron chi connectivity index (χ1n) is 17.0. The van der Waals surface area contributed by atoms with Gasteiger partial charge in [-0.2, -0.15) is 0 Å². The van der Waals surface area contributed by atoms with E-state index in [-0.39, 0.29) is 54.6 Å². The molecule has 2 aromatic rings. The number of hydrogen-bond acceptors (Lipinski definition) is 6. The van der Waals surface area contributed by atoms with E-state index in [0.717, 1.165) is 44.9 Å². The number of ether oxygens (including phenoxy) is 2. The van der Waals surface area contributed by atoms with Crippen LogP contribution in [0.15, 0.2) is 42.5 Å². The number of urea groups is 1. The van der Waals surface area contributed by atoms with Crippen LogP contribution in [0.5, 0.6) is 5.75 Å². The highest BCUT2D eigenvalue weighted by Gasteiger charge is 2.32. The fourth-order valence-electron chi connectivity index (χ4n) is 6.31. The Morgan fingerprint density at radius 1 is 1.00 bits per heavy atom. The van der Waals surface area contributed by atoms with Crippen molar-refractivity contribution in [1.82, 2.24) is 9.80 Å². The Bertz CT molecular complexity index is 1340. The van der Waals surface area contributed by atoms with Gasteiger partial charge in [-0.3, -0.25) is 9.59 Å². The van der Waals surface area contributed by atoms with Crippen LogP contribution in [0.2, 0.25) is 0 Å². The highest BCUT2D eigenvalue weighted by molar-refractivity contribution is 6.02. The SMILES string of the molecule is C[C@@H]1CCCCO[C@H](CN(C)C(=O)C2CCCCC2)[C@@H](C)CN([C@@H](C)CO)C(=O)c2cc(NC(=O)Nc3ccc(F)cc3)ccc2O1. The molecule has 0 radical (unpaired) electrons. The summed E-state index contributed by atoms with van der Waals surface area (Å²) in [5.41, 5.74) is 1.03. The van der Waals surface area contributed by atoms with E-state index in [2.05, 4.69) is 10.6 Å². The summed E-state index contributed by atoms with van der Waals surface area (Å²) in [5.74, 6) is -0.344. The number of fused-ring (bicyclic) bond motifs is 1. The number of carbonyl (C=O) groups excluding carboxylic acids is 3. The Morgan fingerprint density at radius 2 is 1.66 bits per heavy atom. The summed E-state index contributed by atoms with van der Waals surface area (Å²) in [6.07, 6.45) is 7.11. The molecule has 1 aliphatic carbocycles. The molecule has 1 saturated carbocycles. The van der Waals surface area contributed by atoms with Gasteiger partial charge < -0.3 is 35.0 Å². The quantitative estimate of drug-likeness (QED) is 0.322. The van der Waals surface area contributed by atoms with Crippen LogP contribution in [0.1, 0.15) is 82.5 Å². The molecular formula is C36H51FN4O6. The van der Waals surface area contributed by atoms with E-state index in [0.29, 0.717) is 30.3 Å².